The molecule has 0 saturated carbocycles. The smallest absolute Gasteiger partial charge is 0.356 e. The summed E-state index contributed by atoms with van der Waals surface area (Å²) in [4.78, 5) is 18.9. The first-order chi connectivity index (χ1) is 12.4. The molecule has 2 aromatic carbocycles. The number of hydrogen-bond acceptors (Lipinski definition) is 3. The van der Waals surface area contributed by atoms with Crippen molar-refractivity contribution in [3.8, 4) is 5.69 Å². The first kappa shape index (κ1) is 16.6. The second-order valence-corrected chi connectivity index (χ2v) is 6.41. The predicted octanol–water partition coefficient (Wildman–Crippen LogP) is 3.92. The highest BCUT2D eigenvalue weighted by Gasteiger charge is 2.32. The van der Waals surface area contributed by atoms with Crippen LogP contribution in [0.5, 0.6) is 0 Å². The van der Waals surface area contributed by atoms with Crippen LogP contribution >= 0.6 is 0 Å². The minimum absolute atomic E-state index is 0.219. The third-order valence-electron chi connectivity index (χ3n) is 4.71. The van der Waals surface area contributed by atoms with Crippen LogP contribution in [-0.2, 0) is 6.18 Å². The Morgan fingerprint density at radius 3 is 2.42 bits per heavy atom. The van der Waals surface area contributed by atoms with Crippen LogP contribution < -0.4 is 10.6 Å². The molecule has 134 valence electrons. The lowest BCUT2D eigenvalue weighted by Gasteiger charge is -2.33. The number of hydrogen-bond donors (Lipinski definition) is 0. The molecule has 2 heterocycles. The number of rotatable bonds is 2. The van der Waals surface area contributed by atoms with E-state index in [4.69, 9.17) is 0 Å². The Balaban J connectivity index is 2.09. The van der Waals surface area contributed by atoms with Crippen LogP contribution in [0.25, 0.3) is 16.6 Å². The standard InChI is InChI=1S/C19H16F3N3O/c1-12-5-2-3-6-15(12)25-16-11-13(19(20,21)22)7-8-14(16)17(23-18(25)26)24-9-4-10-24/h2-3,5-8,11H,4,9-10H2,1H3. The minimum atomic E-state index is -4.49. The van der Waals surface area contributed by atoms with Gasteiger partial charge in [-0.25, -0.2) is 4.79 Å². The van der Waals surface area contributed by atoms with Crippen molar-refractivity contribution in [2.24, 2.45) is 0 Å². The summed E-state index contributed by atoms with van der Waals surface area (Å²) in [6.45, 7) is 3.30. The normalized spacial score (nSPS) is 14.5. The van der Waals surface area contributed by atoms with Gasteiger partial charge in [0.1, 0.15) is 5.82 Å². The molecule has 0 aliphatic carbocycles. The van der Waals surface area contributed by atoms with Gasteiger partial charge >= 0.3 is 11.9 Å². The molecule has 0 spiro atoms. The van der Waals surface area contributed by atoms with Gasteiger partial charge in [0.25, 0.3) is 0 Å². The average molecular weight is 359 g/mol. The molecule has 1 aliphatic rings. The van der Waals surface area contributed by atoms with Crippen molar-refractivity contribution in [1.29, 1.82) is 0 Å². The van der Waals surface area contributed by atoms with Crippen LogP contribution in [0, 0.1) is 6.92 Å². The molecule has 26 heavy (non-hydrogen) atoms. The zero-order valence-electron chi connectivity index (χ0n) is 14.0. The summed E-state index contributed by atoms with van der Waals surface area (Å²) in [7, 11) is 0. The molecule has 1 aromatic heterocycles. The van der Waals surface area contributed by atoms with Crippen molar-refractivity contribution in [2.75, 3.05) is 18.0 Å². The van der Waals surface area contributed by atoms with Gasteiger partial charge < -0.3 is 4.90 Å². The molecule has 3 aromatic rings. The van der Waals surface area contributed by atoms with Crippen molar-refractivity contribution in [1.82, 2.24) is 9.55 Å². The molecule has 1 fully saturated rings. The fourth-order valence-corrected chi connectivity index (χ4v) is 3.20. The summed E-state index contributed by atoms with van der Waals surface area (Å²) in [6, 6.07) is 10.6. The minimum Gasteiger partial charge on any atom is -0.356 e. The predicted molar refractivity (Wildman–Crippen MR) is 93.9 cm³/mol. The maximum Gasteiger partial charge on any atom is 0.416 e. The number of anilines is 1. The lowest BCUT2D eigenvalue weighted by Crippen LogP contribution is -2.39. The molecular weight excluding hydrogens is 343 g/mol. The van der Waals surface area contributed by atoms with Gasteiger partial charge in [-0.05, 0) is 43.2 Å². The maximum atomic E-state index is 13.3. The number of halogens is 3. The Morgan fingerprint density at radius 1 is 1.08 bits per heavy atom. The Bertz CT molecular complexity index is 1050. The van der Waals surface area contributed by atoms with E-state index in [0.717, 1.165) is 37.2 Å². The van der Waals surface area contributed by atoms with Gasteiger partial charge in [-0.15, -0.1) is 0 Å². The number of aryl methyl sites for hydroxylation is 1. The summed E-state index contributed by atoms with van der Waals surface area (Å²) in [5, 5.41) is 0.542. The van der Waals surface area contributed by atoms with Crippen LogP contribution in [0.15, 0.2) is 47.3 Å². The molecule has 1 aliphatic heterocycles. The topological polar surface area (TPSA) is 38.1 Å². The van der Waals surface area contributed by atoms with Crippen molar-refractivity contribution in [3.05, 3.63) is 64.1 Å². The van der Waals surface area contributed by atoms with Gasteiger partial charge in [-0.3, -0.25) is 4.57 Å². The van der Waals surface area contributed by atoms with E-state index in [-0.39, 0.29) is 5.52 Å². The van der Waals surface area contributed by atoms with E-state index < -0.39 is 17.4 Å². The van der Waals surface area contributed by atoms with Crippen LogP contribution in [0.2, 0.25) is 0 Å². The van der Waals surface area contributed by atoms with E-state index in [9.17, 15) is 18.0 Å². The molecule has 0 bridgehead atoms. The average Bonchev–Trinajstić information content (AvgIpc) is 2.53. The Hall–Kier alpha value is -2.83. The van der Waals surface area contributed by atoms with E-state index >= 15 is 0 Å². The zero-order valence-corrected chi connectivity index (χ0v) is 14.0. The van der Waals surface area contributed by atoms with Crippen LogP contribution in [0.3, 0.4) is 0 Å². The highest BCUT2D eigenvalue weighted by Crippen LogP contribution is 2.34. The van der Waals surface area contributed by atoms with E-state index in [1.54, 1.807) is 12.1 Å². The van der Waals surface area contributed by atoms with E-state index in [0.29, 0.717) is 16.9 Å². The van der Waals surface area contributed by atoms with Crippen molar-refractivity contribution in [3.63, 3.8) is 0 Å². The summed E-state index contributed by atoms with van der Waals surface area (Å²) < 4.78 is 41.0. The third-order valence-corrected chi connectivity index (χ3v) is 4.71. The summed E-state index contributed by atoms with van der Waals surface area (Å²) in [5.41, 5.74) is 0.174. The molecule has 1 saturated heterocycles. The quantitative estimate of drug-likeness (QED) is 0.696. The van der Waals surface area contributed by atoms with Gasteiger partial charge in [0.15, 0.2) is 0 Å². The van der Waals surface area contributed by atoms with Gasteiger partial charge in [-0.1, -0.05) is 18.2 Å². The third kappa shape index (κ3) is 2.64. The number of benzene rings is 2. The lowest BCUT2D eigenvalue weighted by molar-refractivity contribution is -0.137. The van der Waals surface area contributed by atoms with E-state index in [1.165, 1.54) is 10.6 Å². The van der Waals surface area contributed by atoms with Crippen molar-refractivity contribution >= 4 is 16.7 Å². The molecule has 0 radical (unpaired) electrons. The van der Waals surface area contributed by atoms with Gasteiger partial charge in [-0.2, -0.15) is 18.2 Å². The highest BCUT2D eigenvalue weighted by molar-refractivity contribution is 5.91. The molecule has 0 N–H and O–H groups in total. The monoisotopic (exact) mass is 359 g/mol. The summed E-state index contributed by atoms with van der Waals surface area (Å²) in [6.07, 6.45) is -3.51. The molecule has 0 unspecified atom stereocenters. The van der Waals surface area contributed by atoms with E-state index in [2.05, 4.69) is 4.98 Å². The Morgan fingerprint density at radius 2 is 1.81 bits per heavy atom. The maximum absolute atomic E-state index is 13.3. The molecule has 4 nitrogen and oxygen atoms in total. The molecular formula is C19H16F3N3O. The van der Waals surface area contributed by atoms with Crippen LogP contribution in [-0.4, -0.2) is 22.6 Å². The Labute approximate surface area is 147 Å². The van der Waals surface area contributed by atoms with Gasteiger partial charge in [0, 0.05) is 18.5 Å². The fourth-order valence-electron chi connectivity index (χ4n) is 3.20. The molecule has 0 atom stereocenters. The van der Waals surface area contributed by atoms with E-state index in [1.807, 2.05) is 24.0 Å². The lowest BCUT2D eigenvalue weighted by atomic mass is 10.1. The molecule has 7 heteroatoms. The number of nitrogens with zero attached hydrogens (tertiary/aromatic N) is 3. The number of fused-ring (bicyclic) bond motifs is 1. The summed E-state index contributed by atoms with van der Waals surface area (Å²) >= 11 is 0. The SMILES string of the molecule is Cc1ccccc1-n1c(=O)nc(N2CCC2)c2ccc(C(F)(F)F)cc21. The number of aromatic nitrogens is 2. The van der Waals surface area contributed by atoms with Crippen LogP contribution in [0.1, 0.15) is 17.5 Å². The van der Waals surface area contributed by atoms with Gasteiger partial charge in [0.05, 0.1) is 16.8 Å². The van der Waals surface area contributed by atoms with Crippen molar-refractivity contribution < 1.29 is 13.2 Å². The first-order valence-corrected chi connectivity index (χ1v) is 8.31. The fraction of sp³-hybridized carbons (Fsp3) is 0.263. The van der Waals surface area contributed by atoms with Gasteiger partial charge in [0.2, 0.25) is 0 Å². The largest absolute Gasteiger partial charge is 0.416 e. The van der Waals surface area contributed by atoms with Crippen molar-refractivity contribution in [2.45, 2.75) is 19.5 Å². The number of para-hydroxylation sites is 1. The summed E-state index contributed by atoms with van der Waals surface area (Å²) in [5.74, 6) is 0.454. The van der Waals surface area contributed by atoms with Crippen LogP contribution in [0.4, 0.5) is 19.0 Å². The highest BCUT2D eigenvalue weighted by atomic mass is 19.4. The molecule has 4 rings (SSSR count). The number of alkyl halides is 3. The second-order valence-electron chi connectivity index (χ2n) is 6.41. The molecule has 0 amide bonds. The second kappa shape index (κ2) is 5.86. The Kier molecular flexibility index (Phi) is 3.75. The zero-order chi connectivity index (χ0) is 18.5. The first-order valence-electron chi connectivity index (χ1n) is 8.31.